The van der Waals surface area contributed by atoms with Crippen LogP contribution in [0.25, 0.3) is 5.69 Å². The molecule has 31 heavy (non-hydrogen) atoms. The molecule has 1 unspecified atom stereocenters. The van der Waals surface area contributed by atoms with Gasteiger partial charge in [0.15, 0.2) is 0 Å². The van der Waals surface area contributed by atoms with Crippen LogP contribution in [0.2, 0.25) is 0 Å². The first kappa shape index (κ1) is 20.7. The molecule has 1 aliphatic rings. The van der Waals surface area contributed by atoms with Gasteiger partial charge in [0.1, 0.15) is 11.8 Å². The third kappa shape index (κ3) is 4.30. The zero-order valence-electron chi connectivity index (χ0n) is 18.0. The van der Waals surface area contributed by atoms with Gasteiger partial charge in [-0.05, 0) is 57.0 Å². The van der Waals surface area contributed by atoms with E-state index in [1.165, 1.54) is 0 Å². The number of hydrogen-bond acceptors (Lipinski definition) is 4. The molecule has 7 nitrogen and oxygen atoms in total. The van der Waals surface area contributed by atoms with Gasteiger partial charge in [0, 0.05) is 24.0 Å². The van der Waals surface area contributed by atoms with Crippen molar-refractivity contribution in [2.45, 2.75) is 32.7 Å². The minimum Gasteiger partial charge on any atom is -0.495 e. The Kier molecular flexibility index (Phi) is 5.75. The maximum absolute atomic E-state index is 13.3. The molecule has 4 rings (SSSR count). The zero-order chi connectivity index (χ0) is 22.0. The lowest BCUT2D eigenvalue weighted by Crippen LogP contribution is -2.43. The number of methoxy groups -OCH3 is 1. The van der Waals surface area contributed by atoms with Crippen LogP contribution in [0.15, 0.2) is 55.0 Å². The van der Waals surface area contributed by atoms with Gasteiger partial charge in [-0.1, -0.05) is 17.7 Å². The average molecular weight is 418 g/mol. The van der Waals surface area contributed by atoms with E-state index in [9.17, 15) is 9.59 Å². The molecule has 3 aromatic rings. The number of rotatable bonds is 5. The van der Waals surface area contributed by atoms with Crippen LogP contribution in [0.4, 0.5) is 5.69 Å². The van der Waals surface area contributed by atoms with E-state index in [1.54, 1.807) is 30.5 Å². The summed E-state index contributed by atoms with van der Waals surface area (Å²) in [7, 11) is 1.57. The van der Waals surface area contributed by atoms with E-state index in [0.29, 0.717) is 24.3 Å². The predicted octanol–water partition coefficient (Wildman–Crippen LogP) is 3.74. The van der Waals surface area contributed by atoms with Gasteiger partial charge in [-0.3, -0.25) is 9.59 Å². The number of anilines is 1. The van der Waals surface area contributed by atoms with Gasteiger partial charge in [-0.15, -0.1) is 0 Å². The van der Waals surface area contributed by atoms with Crippen molar-refractivity contribution in [1.29, 1.82) is 0 Å². The summed E-state index contributed by atoms with van der Waals surface area (Å²) < 4.78 is 7.38. The summed E-state index contributed by atoms with van der Waals surface area (Å²) in [6, 6.07) is 12.5. The first-order valence-corrected chi connectivity index (χ1v) is 10.3. The summed E-state index contributed by atoms with van der Waals surface area (Å²) in [5, 5.41) is 2.94. The lowest BCUT2D eigenvalue weighted by Gasteiger charge is -2.24. The lowest BCUT2D eigenvalue weighted by molar-refractivity contribution is -0.119. The Morgan fingerprint density at radius 3 is 2.58 bits per heavy atom. The number of amides is 2. The van der Waals surface area contributed by atoms with E-state index in [1.807, 2.05) is 54.9 Å². The second-order valence-electron chi connectivity index (χ2n) is 7.82. The summed E-state index contributed by atoms with van der Waals surface area (Å²) in [6.07, 6.45) is 5.04. The molecule has 1 aromatic heterocycles. The van der Waals surface area contributed by atoms with Crippen molar-refractivity contribution in [3.8, 4) is 11.4 Å². The first-order chi connectivity index (χ1) is 15.0. The van der Waals surface area contributed by atoms with Gasteiger partial charge in [-0.2, -0.15) is 0 Å². The van der Waals surface area contributed by atoms with Gasteiger partial charge < -0.3 is 19.5 Å². The van der Waals surface area contributed by atoms with Gasteiger partial charge in [-0.25, -0.2) is 4.98 Å². The molecule has 0 radical (unpaired) electrons. The van der Waals surface area contributed by atoms with E-state index in [0.717, 1.165) is 29.1 Å². The van der Waals surface area contributed by atoms with Gasteiger partial charge in [0.2, 0.25) is 5.91 Å². The number of benzene rings is 2. The summed E-state index contributed by atoms with van der Waals surface area (Å²) in [6.45, 7) is 4.46. The van der Waals surface area contributed by atoms with Crippen LogP contribution in [0.3, 0.4) is 0 Å². The molecule has 1 N–H and O–H groups in total. The Hall–Kier alpha value is -3.61. The summed E-state index contributed by atoms with van der Waals surface area (Å²) in [4.78, 5) is 32.0. The number of likely N-dealkylation sites (tertiary alicyclic amines) is 1. The fraction of sp³-hybridized carbons (Fsp3) is 0.292. The van der Waals surface area contributed by atoms with E-state index in [4.69, 9.17) is 4.74 Å². The van der Waals surface area contributed by atoms with Crippen LogP contribution in [-0.4, -0.2) is 46.0 Å². The largest absolute Gasteiger partial charge is 0.495 e. The molecule has 0 aliphatic carbocycles. The standard InChI is InChI=1S/C24H26N4O3/c1-16-6-9-19(10-7-16)26-23(29)21-5-4-12-28(21)24(30)18-8-11-20(22(13-18)31-3)27-14-17(2)25-15-27/h6-11,13-15,21H,4-5,12H2,1-3H3,(H,26,29). The summed E-state index contributed by atoms with van der Waals surface area (Å²) in [5.41, 5.74) is 4.04. The number of imidazole rings is 1. The van der Waals surface area contributed by atoms with Crippen molar-refractivity contribution < 1.29 is 14.3 Å². The Bertz CT molecular complexity index is 1100. The third-order valence-electron chi connectivity index (χ3n) is 5.55. The van der Waals surface area contributed by atoms with Crippen molar-refractivity contribution >= 4 is 17.5 Å². The smallest absolute Gasteiger partial charge is 0.254 e. The van der Waals surface area contributed by atoms with E-state index >= 15 is 0 Å². The Balaban J connectivity index is 1.53. The summed E-state index contributed by atoms with van der Waals surface area (Å²) in [5.74, 6) is 0.239. The van der Waals surface area contributed by atoms with Crippen LogP contribution < -0.4 is 10.1 Å². The first-order valence-electron chi connectivity index (χ1n) is 10.3. The highest BCUT2D eigenvalue weighted by Crippen LogP contribution is 2.27. The normalized spacial score (nSPS) is 15.7. The number of aryl methyl sites for hydroxylation is 2. The number of carbonyl (C=O) groups is 2. The zero-order valence-corrected chi connectivity index (χ0v) is 18.0. The Morgan fingerprint density at radius 2 is 1.90 bits per heavy atom. The molecule has 2 aromatic carbocycles. The second-order valence-corrected chi connectivity index (χ2v) is 7.82. The van der Waals surface area contributed by atoms with Crippen molar-refractivity contribution in [2.75, 3.05) is 19.0 Å². The fourth-order valence-corrected chi connectivity index (χ4v) is 3.89. The van der Waals surface area contributed by atoms with Gasteiger partial charge >= 0.3 is 0 Å². The molecular formula is C24H26N4O3. The number of aromatic nitrogens is 2. The van der Waals surface area contributed by atoms with Crippen LogP contribution >= 0.6 is 0 Å². The highest BCUT2D eigenvalue weighted by atomic mass is 16.5. The fourth-order valence-electron chi connectivity index (χ4n) is 3.89. The topological polar surface area (TPSA) is 76.5 Å². The molecule has 0 spiro atoms. The molecule has 0 bridgehead atoms. The van der Waals surface area contributed by atoms with Crippen LogP contribution in [0.5, 0.6) is 5.75 Å². The van der Waals surface area contributed by atoms with Crippen LogP contribution in [0.1, 0.15) is 34.5 Å². The van der Waals surface area contributed by atoms with Crippen molar-refractivity contribution in [1.82, 2.24) is 14.5 Å². The highest BCUT2D eigenvalue weighted by molar-refractivity contribution is 6.01. The van der Waals surface area contributed by atoms with E-state index in [2.05, 4.69) is 10.3 Å². The van der Waals surface area contributed by atoms with Gasteiger partial charge in [0.05, 0.1) is 24.8 Å². The van der Waals surface area contributed by atoms with Crippen molar-refractivity contribution in [2.24, 2.45) is 0 Å². The number of ether oxygens (including phenoxy) is 1. The quantitative estimate of drug-likeness (QED) is 0.685. The predicted molar refractivity (Wildman–Crippen MR) is 119 cm³/mol. The monoisotopic (exact) mass is 418 g/mol. The number of hydrogen-bond donors (Lipinski definition) is 1. The van der Waals surface area contributed by atoms with Crippen molar-refractivity contribution in [3.05, 3.63) is 71.8 Å². The molecule has 1 fully saturated rings. The number of nitrogens with one attached hydrogen (secondary N) is 1. The third-order valence-corrected chi connectivity index (χ3v) is 5.55. The molecule has 2 amide bonds. The summed E-state index contributed by atoms with van der Waals surface area (Å²) >= 11 is 0. The van der Waals surface area contributed by atoms with E-state index < -0.39 is 6.04 Å². The molecule has 1 saturated heterocycles. The molecule has 1 aliphatic heterocycles. The Labute approximate surface area is 181 Å². The molecule has 160 valence electrons. The molecule has 1 atom stereocenters. The van der Waals surface area contributed by atoms with Crippen LogP contribution in [-0.2, 0) is 4.79 Å². The Morgan fingerprint density at radius 1 is 1.13 bits per heavy atom. The minimum atomic E-state index is -0.490. The number of nitrogens with zero attached hydrogens (tertiary/aromatic N) is 3. The molecular weight excluding hydrogens is 392 g/mol. The van der Waals surface area contributed by atoms with Crippen molar-refractivity contribution in [3.63, 3.8) is 0 Å². The van der Waals surface area contributed by atoms with Crippen LogP contribution in [0, 0.1) is 13.8 Å². The maximum atomic E-state index is 13.3. The average Bonchev–Trinajstić information content (AvgIpc) is 3.43. The SMILES string of the molecule is COc1cc(C(=O)N2CCCC2C(=O)Nc2ccc(C)cc2)ccc1-n1cnc(C)c1. The number of carbonyl (C=O) groups excluding carboxylic acids is 2. The molecule has 2 heterocycles. The minimum absolute atomic E-state index is 0.160. The lowest BCUT2D eigenvalue weighted by atomic mass is 10.1. The molecule has 0 saturated carbocycles. The maximum Gasteiger partial charge on any atom is 0.254 e. The van der Waals surface area contributed by atoms with E-state index in [-0.39, 0.29) is 11.8 Å². The van der Waals surface area contributed by atoms with Gasteiger partial charge in [0.25, 0.3) is 5.91 Å². The molecule has 7 heteroatoms. The second kappa shape index (κ2) is 8.63. The highest BCUT2D eigenvalue weighted by Gasteiger charge is 2.34.